The number of rotatable bonds is 4. The molecule has 0 saturated heterocycles. The maximum Gasteiger partial charge on any atom is 0.346 e. The lowest BCUT2D eigenvalue weighted by atomic mass is 9.72. The third-order valence-electron chi connectivity index (χ3n) is 5.01. The molecule has 3 rings (SSSR count). The highest BCUT2D eigenvalue weighted by Gasteiger charge is 2.52. The quantitative estimate of drug-likeness (QED) is 0.842. The molecule has 0 bridgehead atoms. The van der Waals surface area contributed by atoms with Gasteiger partial charge in [-0.2, -0.15) is 4.99 Å². The summed E-state index contributed by atoms with van der Waals surface area (Å²) in [5.41, 5.74) is 5.82. The van der Waals surface area contributed by atoms with Crippen molar-refractivity contribution in [3.8, 4) is 0 Å². The van der Waals surface area contributed by atoms with Crippen LogP contribution in [-0.2, 0) is 4.74 Å². The molecule has 1 spiro atoms. The Balaban J connectivity index is 1.81. The number of nitrogens with two attached hydrogens (primary N) is 1. The molecule has 19 heavy (non-hydrogen) atoms. The van der Waals surface area contributed by atoms with E-state index < -0.39 is 0 Å². The van der Waals surface area contributed by atoms with Gasteiger partial charge < -0.3 is 15.4 Å². The van der Waals surface area contributed by atoms with Crippen LogP contribution in [-0.4, -0.2) is 42.6 Å². The minimum absolute atomic E-state index is 0.175. The second kappa shape index (κ2) is 4.78. The summed E-state index contributed by atoms with van der Waals surface area (Å²) in [7, 11) is 1.66. The molecule has 106 valence electrons. The lowest BCUT2D eigenvalue weighted by Crippen LogP contribution is -2.57. The number of amides is 2. The molecule has 2 amide bonds. The van der Waals surface area contributed by atoms with Crippen molar-refractivity contribution in [3.63, 3.8) is 0 Å². The van der Waals surface area contributed by atoms with E-state index in [-0.39, 0.29) is 11.6 Å². The summed E-state index contributed by atoms with van der Waals surface area (Å²) in [6.07, 6.45) is 7.09. The molecule has 2 atom stereocenters. The molecule has 2 unspecified atom stereocenters. The monoisotopic (exact) mass is 265 g/mol. The first kappa shape index (κ1) is 12.9. The van der Waals surface area contributed by atoms with Crippen LogP contribution < -0.4 is 5.73 Å². The molecule has 2 saturated carbocycles. The lowest BCUT2D eigenvalue weighted by molar-refractivity contribution is 0.0860. The third-order valence-corrected chi connectivity index (χ3v) is 5.01. The normalized spacial score (nSPS) is 35.0. The lowest BCUT2D eigenvalue weighted by Gasteiger charge is -2.44. The number of carbonyl (C=O) groups excluding carboxylic acids is 1. The summed E-state index contributed by atoms with van der Waals surface area (Å²) in [5.74, 6) is 2.13. The zero-order valence-electron chi connectivity index (χ0n) is 11.6. The minimum atomic E-state index is -0.304. The highest BCUT2D eigenvalue weighted by molar-refractivity contribution is 6.05. The van der Waals surface area contributed by atoms with Gasteiger partial charge in [0.05, 0.1) is 6.61 Å². The second-order valence-corrected chi connectivity index (χ2v) is 6.15. The summed E-state index contributed by atoms with van der Waals surface area (Å²) >= 11 is 0. The smallest absolute Gasteiger partial charge is 0.346 e. The van der Waals surface area contributed by atoms with Gasteiger partial charge >= 0.3 is 6.03 Å². The summed E-state index contributed by atoms with van der Waals surface area (Å²) in [6, 6.07) is -0.175. The van der Waals surface area contributed by atoms with Crippen LogP contribution in [0.3, 0.4) is 0 Å². The Labute approximate surface area is 114 Å². The molecule has 0 aromatic rings. The average Bonchev–Trinajstić information content (AvgIpc) is 3.20. The van der Waals surface area contributed by atoms with Crippen molar-refractivity contribution in [1.82, 2.24) is 4.90 Å². The average molecular weight is 265 g/mol. The van der Waals surface area contributed by atoms with E-state index in [4.69, 9.17) is 10.5 Å². The van der Waals surface area contributed by atoms with Crippen LogP contribution >= 0.6 is 0 Å². The number of carbonyl (C=O) groups is 1. The molecule has 2 aliphatic carbocycles. The van der Waals surface area contributed by atoms with Crippen LogP contribution in [0.2, 0.25) is 0 Å². The largest absolute Gasteiger partial charge is 0.385 e. The number of urea groups is 1. The molecule has 2 fully saturated rings. The number of methoxy groups -OCH3 is 1. The van der Waals surface area contributed by atoms with Crippen LogP contribution in [0.15, 0.2) is 4.99 Å². The van der Waals surface area contributed by atoms with E-state index in [1.54, 1.807) is 7.11 Å². The van der Waals surface area contributed by atoms with Crippen molar-refractivity contribution in [2.24, 2.45) is 22.6 Å². The number of amidine groups is 1. The Hall–Kier alpha value is -1.10. The van der Waals surface area contributed by atoms with Crippen LogP contribution in [0, 0.1) is 11.8 Å². The molecular weight excluding hydrogens is 242 g/mol. The first-order chi connectivity index (χ1) is 9.17. The van der Waals surface area contributed by atoms with E-state index in [9.17, 15) is 4.79 Å². The highest BCUT2D eigenvalue weighted by atomic mass is 16.5. The Morgan fingerprint density at radius 1 is 1.42 bits per heavy atom. The van der Waals surface area contributed by atoms with Crippen LogP contribution in [0.1, 0.15) is 38.5 Å². The number of nitrogens with zero attached hydrogens (tertiary/aromatic N) is 2. The maximum atomic E-state index is 12.1. The minimum Gasteiger partial charge on any atom is -0.385 e. The van der Waals surface area contributed by atoms with Gasteiger partial charge in [0.2, 0.25) is 0 Å². The SMILES string of the molecule is COCCN1C(=O)N=C(N)C12CCCC(C1CC1)C2. The molecule has 5 heteroatoms. The van der Waals surface area contributed by atoms with E-state index in [2.05, 4.69) is 4.99 Å². The Morgan fingerprint density at radius 3 is 2.89 bits per heavy atom. The summed E-state index contributed by atoms with van der Waals surface area (Å²) in [5, 5.41) is 0. The van der Waals surface area contributed by atoms with Crippen molar-refractivity contribution < 1.29 is 9.53 Å². The van der Waals surface area contributed by atoms with Crippen LogP contribution in [0.25, 0.3) is 0 Å². The fourth-order valence-corrected chi connectivity index (χ4v) is 3.82. The van der Waals surface area contributed by atoms with Crippen molar-refractivity contribution in [2.75, 3.05) is 20.3 Å². The fraction of sp³-hybridized carbons (Fsp3) is 0.857. The molecule has 0 radical (unpaired) electrons. The van der Waals surface area contributed by atoms with E-state index in [0.29, 0.717) is 19.0 Å². The van der Waals surface area contributed by atoms with Crippen molar-refractivity contribution in [3.05, 3.63) is 0 Å². The predicted molar refractivity (Wildman–Crippen MR) is 73.0 cm³/mol. The standard InChI is InChI=1S/C14H23N3O2/c1-19-8-7-17-13(18)16-12(15)14(17)6-2-3-11(9-14)10-4-5-10/h10-11H,2-9H2,1H3,(H2,15,16,18). The zero-order valence-corrected chi connectivity index (χ0v) is 11.6. The van der Waals surface area contributed by atoms with Crippen molar-refractivity contribution >= 4 is 11.9 Å². The molecule has 2 N–H and O–H groups in total. The fourth-order valence-electron chi connectivity index (χ4n) is 3.82. The van der Waals surface area contributed by atoms with Gasteiger partial charge in [-0.3, -0.25) is 0 Å². The molecule has 1 heterocycles. The number of ether oxygens (including phenoxy) is 1. The molecule has 0 aromatic heterocycles. The molecule has 0 aromatic carbocycles. The van der Waals surface area contributed by atoms with Crippen molar-refractivity contribution in [2.45, 2.75) is 44.1 Å². The molecular formula is C14H23N3O2. The van der Waals surface area contributed by atoms with E-state index >= 15 is 0 Å². The number of aliphatic imine (C=N–C) groups is 1. The first-order valence-corrected chi connectivity index (χ1v) is 7.32. The third kappa shape index (κ3) is 2.14. The molecule has 5 nitrogen and oxygen atoms in total. The molecule has 1 aliphatic heterocycles. The van der Waals surface area contributed by atoms with Crippen LogP contribution in [0.5, 0.6) is 0 Å². The van der Waals surface area contributed by atoms with Gasteiger partial charge in [0, 0.05) is 13.7 Å². The van der Waals surface area contributed by atoms with Gasteiger partial charge in [-0.15, -0.1) is 0 Å². The summed E-state index contributed by atoms with van der Waals surface area (Å²) < 4.78 is 5.12. The van der Waals surface area contributed by atoms with Crippen molar-refractivity contribution in [1.29, 1.82) is 0 Å². The van der Waals surface area contributed by atoms with Gasteiger partial charge in [-0.25, -0.2) is 4.79 Å². The topological polar surface area (TPSA) is 67.9 Å². The van der Waals surface area contributed by atoms with Crippen LogP contribution in [0.4, 0.5) is 4.79 Å². The molecule has 3 aliphatic rings. The van der Waals surface area contributed by atoms with Gasteiger partial charge in [-0.1, -0.05) is 6.42 Å². The van der Waals surface area contributed by atoms with E-state index in [0.717, 1.165) is 31.1 Å². The second-order valence-electron chi connectivity index (χ2n) is 6.15. The predicted octanol–water partition coefficient (Wildman–Crippen LogP) is 1.76. The summed E-state index contributed by atoms with van der Waals surface area (Å²) in [6.45, 7) is 1.14. The first-order valence-electron chi connectivity index (χ1n) is 7.32. The number of hydrogen-bond acceptors (Lipinski definition) is 3. The highest BCUT2D eigenvalue weighted by Crippen LogP contribution is 2.49. The van der Waals surface area contributed by atoms with Gasteiger partial charge in [0.25, 0.3) is 0 Å². The summed E-state index contributed by atoms with van der Waals surface area (Å²) in [4.78, 5) is 18.0. The zero-order chi connectivity index (χ0) is 13.5. The Bertz CT molecular complexity index is 405. The van der Waals surface area contributed by atoms with Gasteiger partial charge in [0.15, 0.2) is 0 Å². The Morgan fingerprint density at radius 2 is 2.21 bits per heavy atom. The maximum absolute atomic E-state index is 12.1. The van der Waals surface area contributed by atoms with Gasteiger partial charge in [0.1, 0.15) is 11.4 Å². The van der Waals surface area contributed by atoms with E-state index in [1.165, 1.54) is 19.3 Å². The Kier molecular flexibility index (Phi) is 3.25. The van der Waals surface area contributed by atoms with Gasteiger partial charge in [-0.05, 0) is 43.9 Å². The van der Waals surface area contributed by atoms with E-state index in [1.807, 2.05) is 4.90 Å². The number of hydrogen-bond donors (Lipinski definition) is 1.